The number of aromatic nitrogens is 1. The number of aldehydes is 1. The molecule has 2 aromatic carbocycles. The van der Waals surface area contributed by atoms with E-state index in [2.05, 4.69) is 4.98 Å². The summed E-state index contributed by atoms with van der Waals surface area (Å²) >= 11 is 6.34. The van der Waals surface area contributed by atoms with Crippen LogP contribution in [0.25, 0.3) is 22.0 Å². The van der Waals surface area contributed by atoms with Gasteiger partial charge < -0.3 is 14.8 Å². The minimum atomic E-state index is -0.899. The lowest BCUT2D eigenvalue weighted by Crippen LogP contribution is -2.04. The fourth-order valence-corrected chi connectivity index (χ4v) is 2.74. The first-order valence-corrected chi connectivity index (χ1v) is 7.67. The first kappa shape index (κ1) is 16.1. The van der Waals surface area contributed by atoms with Crippen molar-refractivity contribution < 1.29 is 19.4 Å². The Bertz CT molecular complexity index is 899. The number of aromatic amines is 1. The highest BCUT2D eigenvalue weighted by molar-refractivity contribution is 6.34. The maximum absolute atomic E-state index is 11.1. The smallest absolute Gasteiger partial charge is 0.306 e. The molecule has 0 bridgehead atoms. The van der Waals surface area contributed by atoms with Crippen LogP contribution in [0.1, 0.15) is 16.8 Å². The third-order valence-corrected chi connectivity index (χ3v) is 3.99. The van der Waals surface area contributed by atoms with E-state index in [4.69, 9.17) is 21.4 Å². The van der Waals surface area contributed by atoms with Crippen LogP contribution >= 0.6 is 11.6 Å². The molecule has 1 aromatic heterocycles. The molecule has 122 valence electrons. The van der Waals surface area contributed by atoms with E-state index in [0.29, 0.717) is 16.3 Å². The second kappa shape index (κ2) is 6.76. The molecule has 24 heavy (non-hydrogen) atoms. The zero-order valence-electron chi connectivity index (χ0n) is 12.6. The third-order valence-electron chi connectivity index (χ3n) is 3.68. The van der Waals surface area contributed by atoms with Crippen LogP contribution in [0.3, 0.4) is 0 Å². The molecule has 0 radical (unpaired) electrons. The van der Waals surface area contributed by atoms with Gasteiger partial charge in [0.2, 0.25) is 0 Å². The van der Waals surface area contributed by atoms with Gasteiger partial charge in [0.1, 0.15) is 5.75 Å². The SMILES string of the molecule is O=Cc1c[nH]c2cc(Cl)c(-c3ccc(OCCC(=O)O)cc3)cc12. The Balaban J connectivity index is 1.88. The molecule has 1 heterocycles. The average Bonchev–Trinajstić information content (AvgIpc) is 2.96. The highest BCUT2D eigenvalue weighted by Gasteiger charge is 2.10. The number of ether oxygens (including phenoxy) is 1. The molecular weight excluding hydrogens is 330 g/mol. The largest absolute Gasteiger partial charge is 0.493 e. The predicted molar refractivity (Wildman–Crippen MR) is 91.9 cm³/mol. The van der Waals surface area contributed by atoms with Crippen LogP contribution in [0.2, 0.25) is 5.02 Å². The van der Waals surface area contributed by atoms with E-state index < -0.39 is 5.97 Å². The molecule has 5 nitrogen and oxygen atoms in total. The van der Waals surface area contributed by atoms with Gasteiger partial charge in [-0.1, -0.05) is 23.7 Å². The summed E-state index contributed by atoms with van der Waals surface area (Å²) in [6, 6.07) is 10.9. The van der Waals surface area contributed by atoms with Crippen molar-refractivity contribution >= 4 is 34.8 Å². The van der Waals surface area contributed by atoms with Crippen LogP contribution in [0.4, 0.5) is 0 Å². The second-order valence-electron chi connectivity index (χ2n) is 5.26. The number of fused-ring (bicyclic) bond motifs is 1. The Morgan fingerprint density at radius 1 is 1.25 bits per heavy atom. The van der Waals surface area contributed by atoms with Gasteiger partial charge in [0.05, 0.1) is 18.1 Å². The lowest BCUT2D eigenvalue weighted by atomic mass is 10.0. The fraction of sp³-hybridized carbons (Fsp3) is 0.111. The van der Waals surface area contributed by atoms with Gasteiger partial charge in [-0.05, 0) is 29.8 Å². The molecule has 0 amide bonds. The van der Waals surface area contributed by atoms with Crippen LogP contribution in [-0.4, -0.2) is 29.0 Å². The standard InChI is InChI=1S/C18H14ClNO4/c19-16-8-17-15(12(10-21)9-20-17)7-14(16)11-1-3-13(4-2-11)24-6-5-18(22)23/h1-4,7-10,20H,5-6H2,(H,22,23). The van der Waals surface area contributed by atoms with Gasteiger partial charge in [0.15, 0.2) is 6.29 Å². The van der Waals surface area contributed by atoms with E-state index in [-0.39, 0.29) is 13.0 Å². The Morgan fingerprint density at radius 2 is 2.00 bits per heavy atom. The van der Waals surface area contributed by atoms with Crippen LogP contribution < -0.4 is 4.74 Å². The Labute approximate surface area is 142 Å². The molecule has 3 rings (SSSR count). The van der Waals surface area contributed by atoms with Gasteiger partial charge in [-0.15, -0.1) is 0 Å². The maximum Gasteiger partial charge on any atom is 0.306 e. The Hall–Kier alpha value is -2.79. The number of halogens is 1. The molecule has 0 aliphatic rings. The number of carbonyl (C=O) groups is 2. The first-order valence-electron chi connectivity index (χ1n) is 7.29. The van der Waals surface area contributed by atoms with Crippen LogP contribution in [0.15, 0.2) is 42.6 Å². The van der Waals surface area contributed by atoms with Gasteiger partial charge >= 0.3 is 5.97 Å². The van der Waals surface area contributed by atoms with Crippen LogP contribution in [0.5, 0.6) is 5.75 Å². The number of H-pyrrole nitrogens is 1. The molecule has 0 fully saturated rings. The predicted octanol–water partition coefficient (Wildman–Crippen LogP) is 4.15. The summed E-state index contributed by atoms with van der Waals surface area (Å²) in [5.74, 6) is -0.309. The van der Waals surface area contributed by atoms with Crippen molar-refractivity contribution in [3.8, 4) is 16.9 Å². The van der Waals surface area contributed by atoms with Gasteiger partial charge in [-0.25, -0.2) is 0 Å². The lowest BCUT2D eigenvalue weighted by Gasteiger charge is -2.08. The number of rotatable bonds is 6. The summed E-state index contributed by atoms with van der Waals surface area (Å²) < 4.78 is 5.37. The Morgan fingerprint density at radius 3 is 2.67 bits per heavy atom. The molecule has 0 unspecified atom stereocenters. The first-order chi connectivity index (χ1) is 11.6. The summed E-state index contributed by atoms with van der Waals surface area (Å²) in [4.78, 5) is 24.6. The third kappa shape index (κ3) is 3.26. The fourth-order valence-electron chi connectivity index (χ4n) is 2.47. The molecule has 0 aliphatic heterocycles. The van der Waals surface area contributed by atoms with E-state index in [0.717, 1.165) is 28.3 Å². The molecule has 6 heteroatoms. The summed E-state index contributed by atoms with van der Waals surface area (Å²) in [5.41, 5.74) is 3.07. The summed E-state index contributed by atoms with van der Waals surface area (Å²) in [6.07, 6.45) is 2.40. The number of carboxylic acids is 1. The van der Waals surface area contributed by atoms with Crippen molar-refractivity contribution in [2.75, 3.05) is 6.61 Å². The molecule has 2 N–H and O–H groups in total. The number of hydrogen-bond donors (Lipinski definition) is 2. The lowest BCUT2D eigenvalue weighted by molar-refractivity contribution is -0.137. The van der Waals surface area contributed by atoms with Crippen molar-refractivity contribution in [2.45, 2.75) is 6.42 Å². The molecular formula is C18H14ClNO4. The molecule has 0 atom stereocenters. The molecule has 0 aliphatic carbocycles. The number of carboxylic acid groups (broad SMARTS) is 1. The van der Waals surface area contributed by atoms with Crippen molar-refractivity contribution in [1.82, 2.24) is 4.98 Å². The summed E-state index contributed by atoms with van der Waals surface area (Å²) in [5, 5.41) is 9.99. The maximum atomic E-state index is 11.1. The Kier molecular flexibility index (Phi) is 4.53. The number of aliphatic carboxylic acids is 1. The van der Waals surface area contributed by atoms with Gasteiger partial charge in [-0.2, -0.15) is 0 Å². The number of nitrogens with one attached hydrogen (secondary N) is 1. The van der Waals surface area contributed by atoms with Crippen molar-refractivity contribution in [3.05, 3.63) is 53.2 Å². The minimum Gasteiger partial charge on any atom is -0.493 e. The second-order valence-corrected chi connectivity index (χ2v) is 5.66. The van der Waals surface area contributed by atoms with Crippen molar-refractivity contribution in [3.63, 3.8) is 0 Å². The topological polar surface area (TPSA) is 79.4 Å². The van der Waals surface area contributed by atoms with E-state index in [1.165, 1.54) is 0 Å². The van der Waals surface area contributed by atoms with Crippen LogP contribution in [-0.2, 0) is 4.79 Å². The van der Waals surface area contributed by atoms with E-state index >= 15 is 0 Å². The highest BCUT2D eigenvalue weighted by Crippen LogP contribution is 2.33. The van der Waals surface area contributed by atoms with Crippen molar-refractivity contribution in [2.24, 2.45) is 0 Å². The highest BCUT2D eigenvalue weighted by atomic mass is 35.5. The molecule has 0 saturated carbocycles. The molecule has 0 spiro atoms. The zero-order chi connectivity index (χ0) is 17.1. The van der Waals surface area contributed by atoms with E-state index in [1.807, 2.05) is 18.2 Å². The summed E-state index contributed by atoms with van der Waals surface area (Å²) in [6.45, 7) is 0.118. The average molecular weight is 344 g/mol. The number of hydrogen-bond acceptors (Lipinski definition) is 3. The number of carbonyl (C=O) groups excluding carboxylic acids is 1. The zero-order valence-corrected chi connectivity index (χ0v) is 13.3. The van der Waals surface area contributed by atoms with Gasteiger partial charge in [0, 0.05) is 28.2 Å². The summed E-state index contributed by atoms with van der Waals surface area (Å²) in [7, 11) is 0. The normalized spacial score (nSPS) is 10.7. The molecule has 3 aromatic rings. The van der Waals surface area contributed by atoms with Gasteiger partial charge in [0.25, 0.3) is 0 Å². The van der Waals surface area contributed by atoms with E-state index in [1.54, 1.807) is 24.4 Å². The van der Waals surface area contributed by atoms with Crippen molar-refractivity contribution in [1.29, 1.82) is 0 Å². The molecule has 0 saturated heterocycles. The number of benzene rings is 2. The van der Waals surface area contributed by atoms with Gasteiger partial charge in [-0.3, -0.25) is 9.59 Å². The minimum absolute atomic E-state index is 0.0494. The monoisotopic (exact) mass is 343 g/mol. The quantitative estimate of drug-likeness (QED) is 0.659. The van der Waals surface area contributed by atoms with Crippen LogP contribution in [0, 0.1) is 0 Å². The van der Waals surface area contributed by atoms with E-state index in [9.17, 15) is 9.59 Å².